The first-order valence-corrected chi connectivity index (χ1v) is 16.2. The minimum absolute atomic E-state index is 0.0660. The summed E-state index contributed by atoms with van der Waals surface area (Å²) in [5.41, 5.74) is 4.03. The molecular formula is C32H38ClN3O4S. The van der Waals surface area contributed by atoms with Gasteiger partial charge in [-0.3, -0.25) is 13.9 Å². The van der Waals surface area contributed by atoms with Crippen molar-refractivity contribution in [3.63, 3.8) is 0 Å². The number of benzene rings is 3. The maximum atomic E-state index is 14.2. The van der Waals surface area contributed by atoms with Crippen LogP contribution in [0.2, 0.25) is 5.02 Å². The van der Waals surface area contributed by atoms with Gasteiger partial charge < -0.3 is 10.2 Å². The van der Waals surface area contributed by atoms with Gasteiger partial charge in [-0.2, -0.15) is 0 Å². The molecule has 4 rings (SSSR count). The van der Waals surface area contributed by atoms with E-state index >= 15 is 0 Å². The van der Waals surface area contributed by atoms with E-state index in [0.29, 0.717) is 17.1 Å². The quantitative estimate of drug-likeness (QED) is 0.321. The number of hydrogen-bond acceptors (Lipinski definition) is 4. The number of nitrogens with zero attached hydrogens (tertiary/aromatic N) is 2. The van der Waals surface area contributed by atoms with Crippen LogP contribution in [-0.2, 0) is 32.6 Å². The Balaban J connectivity index is 1.72. The Bertz CT molecular complexity index is 1460. The van der Waals surface area contributed by atoms with E-state index in [1.807, 2.05) is 62.4 Å². The Morgan fingerprint density at radius 2 is 1.59 bits per heavy atom. The standard InChI is InChI=1S/C32H38ClN3O4S/c1-23-13-18-29(19-24(23)2)36(41(3,39)40)22-31(37)35(21-26-14-16-27(33)17-15-26)30(20-25-9-5-4-6-10-25)32(38)34-28-11-7-8-12-28/h4-6,9-10,13-19,28,30H,7-8,11-12,20-22H2,1-3H3,(H,34,38)/t30-/m1/s1. The van der Waals surface area contributed by atoms with E-state index in [0.717, 1.165) is 58.5 Å². The molecule has 0 aliphatic heterocycles. The van der Waals surface area contributed by atoms with Crippen LogP contribution in [0.4, 0.5) is 5.69 Å². The lowest BCUT2D eigenvalue weighted by Crippen LogP contribution is -2.54. The van der Waals surface area contributed by atoms with Gasteiger partial charge in [0.15, 0.2) is 0 Å². The van der Waals surface area contributed by atoms with E-state index in [4.69, 9.17) is 11.6 Å². The first-order chi connectivity index (χ1) is 19.5. The van der Waals surface area contributed by atoms with Crippen LogP contribution in [0.15, 0.2) is 72.8 Å². The third kappa shape index (κ3) is 8.33. The monoisotopic (exact) mass is 595 g/mol. The number of hydrogen-bond donors (Lipinski definition) is 1. The highest BCUT2D eigenvalue weighted by molar-refractivity contribution is 7.92. The summed E-state index contributed by atoms with van der Waals surface area (Å²) in [6.45, 7) is 3.53. The molecule has 41 heavy (non-hydrogen) atoms. The summed E-state index contributed by atoms with van der Waals surface area (Å²) < 4.78 is 27.1. The maximum absolute atomic E-state index is 14.2. The van der Waals surface area contributed by atoms with Gasteiger partial charge in [0.2, 0.25) is 21.8 Å². The van der Waals surface area contributed by atoms with E-state index in [1.54, 1.807) is 24.3 Å². The number of carbonyl (C=O) groups excluding carboxylic acids is 2. The molecule has 0 aromatic heterocycles. The fraction of sp³-hybridized carbons (Fsp3) is 0.375. The lowest BCUT2D eigenvalue weighted by Gasteiger charge is -2.34. The summed E-state index contributed by atoms with van der Waals surface area (Å²) in [4.78, 5) is 29.6. The number of aryl methyl sites for hydroxylation is 2. The van der Waals surface area contributed by atoms with Crippen molar-refractivity contribution < 1.29 is 18.0 Å². The molecule has 2 amide bonds. The second kappa shape index (κ2) is 13.5. The highest BCUT2D eigenvalue weighted by atomic mass is 35.5. The van der Waals surface area contributed by atoms with Crippen LogP contribution in [-0.4, -0.2) is 50.0 Å². The lowest BCUT2D eigenvalue weighted by molar-refractivity contribution is -0.140. The molecule has 1 fully saturated rings. The van der Waals surface area contributed by atoms with Crippen LogP contribution >= 0.6 is 11.6 Å². The zero-order chi connectivity index (χ0) is 29.6. The van der Waals surface area contributed by atoms with Gasteiger partial charge in [0.25, 0.3) is 0 Å². The van der Waals surface area contributed by atoms with Crippen LogP contribution in [0.25, 0.3) is 0 Å². The smallest absolute Gasteiger partial charge is 0.244 e. The highest BCUT2D eigenvalue weighted by Gasteiger charge is 2.34. The van der Waals surface area contributed by atoms with Crippen molar-refractivity contribution in [2.45, 2.75) is 64.6 Å². The van der Waals surface area contributed by atoms with Crippen LogP contribution in [0.1, 0.15) is 47.9 Å². The predicted octanol–water partition coefficient (Wildman–Crippen LogP) is 5.42. The number of carbonyl (C=O) groups is 2. The van der Waals surface area contributed by atoms with Gasteiger partial charge in [-0.05, 0) is 73.2 Å². The fourth-order valence-corrected chi connectivity index (χ4v) is 6.17. The third-order valence-corrected chi connectivity index (χ3v) is 9.09. The van der Waals surface area contributed by atoms with Gasteiger partial charge >= 0.3 is 0 Å². The summed E-state index contributed by atoms with van der Waals surface area (Å²) in [6, 6.07) is 21.2. The number of rotatable bonds is 11. The normalized spacial score (nSPS) is 14.4. The molecule has 9 heteroatoms. The number of anilines is 1. The molecule has 1 aliphatic rings. The van der Waals surface area contributed by atoms with Gasteiger partial charge in [-0.1, -0.05) is 73.0 Å². The second-order valence-corrected chi connectivity index (χ2v) is 13.2. The number of nitrogens with one attached hydrogen (secondary N) is 1. The van der Waals surface area contributed by atoms with E-state index in [-0.39, 0.29) is 18.5 Å². The topological polar surface area (TPSA) is 86.8 Å². The zero-order valence-electron chi connectivity index (χ0n) is 23.8. The van der Waals surface area contributed by atoms with Crippen molar-refractivity contribution in [3.05, 3.63) is 100 Å². The average Bonchev–Trinajstić information content (AvgIpc) is 3.45. The minimum atomic E-state index is -3.81. The van der Waals surface area contributed by atoms with Gasteiger partial charge in [0.05, 0.1) is 11.9 Å². The van der Waals surface area contributed by atoms with Crippen LogP contribution in [0.3, 0.4) is 0 Å². The van der Waals surface area contributed by atoms with Gasteiger partial charge in [-0.25, -0.2) is 8.42 Å². The SMILES string of the molecule is Cc1ccc(N(CC(=O)N(Cc2ccc(Cl)cc2)[C@H](Cc2ccccc2)C(=O)NC2CCCC2)S(C)(=O)=O)cc1C. The van der Waals surface area contributed by atoms with Crippen LogP contribution < -0.4 is 9.62 Å². The number of sulfonamides is 1. The molecule has 3 aromatic carbocycles. The van der Waals surface area contributed by atoms with Crippen LogP contribution in [0.5, 0.6) is 0 Å². The molecule has 1 aliphatic carbocycles. The van der Waals surface area contributed by atoms with E-state index < -0.39 is 28.5 Å². The van der Waals surface area contributed by atoms with E-state index in [2.05, 4.69) is 5.32 Å². The van der Waals surface area contributed by atoms with Gasteiger partial charge in [-0.15, -0.1) is 0 Å². The summed E-state index contributed by atoms with van der Waals surface area (Å²) in [5, 5.41) is 3.73. The Kier molecular flexibility index (Phi) is 10.1. The van der Waals surface area contributed by atoms with Crippen LogP contribution in [0, 0.1) is 13.8 Å². The number of amides is 2. The summed E-state index contributed by atoms with van der Waals surface area (Å²) in [7, 11) is -3.81. The summed E-state index contributed by atoms with van der Waals surface area (Å²) >= 11 is 6.12. The van der Waals surface area contributed by atoms with Crippen molar-refractivity contribution in [2.75, 3.05) is 17.1 Å². The first kappa shape index (κ1) is 30.6. The highest BCUT2D eigenvalue weighted by Crippen LogP contribution is 2.24. The fourth-order valence-electron chi connectivity index (χ4n) is 5.20. The van der Waals surface area contributed by atoms with Gasteiger partial charge in [0.1, 0.15) is 12.6 Å². The van der Waals surface area contributed by atoms with E-state index in [9.17, 15) is 18.0 Å². The Morgan fingerprint density at radius 1 is 0.927 bits per heavy atom. The molecule has 1 N–H and O–H groups in total. The lowest BCUT2D eigenvalue weighted by atomic mass is 10.0. The van der Waals surface area contributed by atoms with E-state index in [1.165, 1.54) is 4.90 Å². The molecular weight excluding hydrogens is 558 g/mol. The molecule has 0 unspecified atom stereocenters. The third-order valence-electron chi connectivity index (χ3n) is 7.70. The largest absolute Gasteiger partial charge is 0.352 e. The Morgan fingerprint density at radius 3 is 2.20 bits per heavy atom. The summed E-state index contributed by atoms with van der Waals surface area (Å²) in [5.74, 6) is -0.703. The molecule has 1 saturated carbocycles. The van der Waals surface area contributed by atoms with Gasteiger partial charge in [0, 0.05) is 24.0 Å². The molecule has 0 saturated heterocycles. The molecule has 218 valence electrons. The van der Waals surface area contributed by atoms with Crippen molar-refractivity contribution in [3.8, 4) is 0 Å². The predicted molar refractivity (Wildman–Crippen MR) is 164 cm³/mol. The van der Waals surface area contributed by atoms with Crippen molar-refractivity contribution in [1.82, 2.24) is 10.2 Å². The molecule has 3 aromatic rings. The Hall–Kier alpha value is -3.36. The van der Waals surface area contributed by atoms with Crippen molar-refractivity contribution >= 4 is 39.1 Å². The van der Waals surface area contributed by atoms with Crippen molar-refractivity contribution in [2.24, 2.45) is 0 Å². The Labute approximate surface area is 248 Å². The molecule has 1 atom stereocenters. The molecule has 0 bridgehead atoms. The maximum Gasteiger partial charge on any atom is 0.244 e. The average molecular weight is 596 g/mol. The second-order valence-electron chi connectivity index (χ2n) is 10.9. The number of halogens is 1. The zero-order valence-corrected chi connectivity index (χ0v) is 25.4. The summed E-state index contributed by atoms with van der Waals surface area (Å²) in [6.07, 6.45) is 5.31. The molecule has 7 nitrogen and oxygen atoms in total. The molecule has 0 spiro atoms. The van der Waals surface area contributed by atoms with Crippen molar-refractivity contribution in [1.29, 1.82) is 0 Å². The molecule has 0 heterocycles. The minimum Gasteiger partial charge on any atom is -0.352 e. The molecule has 0 radical (unpaired) electrons. The first-order valence-electron chi connectivity index (χ1n) is 13.9.